The first-order chi connectivity index (χ1) is 11.4. The predicted octanol–water partition coefficient (Wildman–Crippen LogP) is 2.28. The van der Waals surface area contributed by atoms with Crippen LogP contribution in [-0.2, 0) is 16.4 Å². The van der Waals surface area contributed by atoms with Gasteiger partial charge in [-0.1, -0.05) is 23.7 Å². The predicted molar refractivity (Wildman–Crippen MR) is 98.2 cm³/mol. The van der Waals surface area contributed by atoms with Crippen LogP contribution < -0.4 is 10.6 Å². The number of guanidine groups is 1. The molecule has 1 saturated carbocycles. The zero-order chi connectivity index (χ0) is 17.2. The number of halogens is 1. The van der Waals surface area contributed by atoms with Crippen molar-refractivity contribution in [3.63, 3.8) is 0 Å². The number of nitrogens with one attached hydrogen (secondary N) is 2. The van der Waals surface area contributed by atoms with Crippen molar-refractivity contribution in [2.24, 2.45) is 10.9 Å². The van der Waals surface area contributed by atoms with Gasteiger partial charge in [-0.2, -0.15) is 0 Å². The zero-order valence-corrected chi connectivity index (χ0v) is 15.5. The average molecular weight is 370 g/mol. The van der Waals surface area contributed by atoms with Crippen LogP contribution in [0.3, 0.4) is 0 Å². The number of aryl methyl sites for hydroxylation is 1. The van der Waals surface area contributed by atoms with Crippen molar-refractivity contribution in [3.8, 4) is 0 Å². The Morgan fingerprint density at radius 3 is 2.75 bits per heavy atom. The van der Waals surface area contributed by atoms with Crippen molar-refractivity contribution in [2.75, 3.05) is 18.1 Å². The van der Waals surface area contributed by atoms with E-state index in [1.165, 1.54) is 12.8 Å². The van der Waals surface area contributed by atoms with Gasteiger partial charge >= 0.3 is 0 Å². The molecular formula is C17H24ClN3O2S. The van der Waals surface area contributed by atoms with Crippen molar-refractivity contribution in [1.29, 1.82) is 0 Å². The van der Waals surface area contributed by atoms with E-state index in [0.717, 1.165) is 28.5 Å². The molecule has 1 aromatic carbocycles. The van der Waals surface area contributed by atoms with Crippen LogP contribution in [0.5, 0.6) is 0 Å². The molecule has 132 valence electrons. The first-order valence-electron chi connectivity index (χ1n) is 8.41. The molecule has 24 heavy (non-hydrogen) atoms. The Balaban J connectivity index is 1.59. The van der Waals surface area contributed by atoms with Crippen LogP contribution >= 0.6 is 11.6 Å². The molecule has 0 bridgehead atoms. The van der Waals surface area contributed by atoms with Gasteiger partial charge in [-0.15, -0.1) is 0 Å². The van der Waals surface area contributed by atoms with Gasteiger partial charge in [0.15, 0.2) is 15.8 Å². The van der Waals surface area contributed by atoms with Crippen LogP contribution in [0, 0.1) is 12.8 Å². The van der Waals surface area contributed by atoms with Gasteiger partial charge in [0.2, 0.25) is 0 Å². The zero-order valence-electron chi connectivity index (χ0n) is 13.9. The molecule has 1 aromatic rings. The van der Waals surface area contributed by atoms with Gasteiger partial charge < -0.3 is 10.6 Å². The number of sulfone groups is 1. The highest BCUT2D eigenvalue weighted by atomic mass is 35.5. The number of nitrogens with zero attached hydrogens (tertiary/aromatic N) is 1. The molecule has 0 spiro atoms. The Hall–Kier alpha value is -1.27. The Labute approximate surface area is 148 Å². The van der Waals surface area contributed by atoms with Crippen LogP contribution in [0.2, 0.25) is 5.02 Å². The van der Waals surface area contributed by atoms with Crippen LogP contribution in [0.4, 0.5) is 0 Å². The largest absolute Gasteiger partial charge is 0.356 e. The molecule has 1 aliphatic heterocycles. The summed E-state index contributed by atoms with van der Waals surface area (Å²) in [5.41, 5.74) is 2.16. The first kappa shape index (κ1) is 17.5. The number of aliphatic imine (C=N–C) groups is 1. The van der Waals surface area contributed by atoms with Gasteiger partial charge in [0.1, 0.15) is 0 Å². The summed E-state index contributed by atoms with van der Waals surface area (Å²) >= 11 is 6.06. The van der Waals surface area contributed by atoms with Crippen molar-refractivity contribution >= 4 is 27.4 Å². The van der Waals surface area contributed by atoms with Gasteiger partial charge in [0.05, 0.1) is 18.1 Å². The van der Waals surface area contributed by atoms with Gasteiger partial charge in [-0.25, -0.2) is 13.4 Å². The summed E-state index contributed by atoms with van der Waals surface area (Å²) in [6, 6.07) is 6.42. The van der Waals surface area contributed by atoms with Gasteiger partial charge in [0.25, 0.3) is 0 Å². The van der Waals surface area contributed by atoms with E-state index in [-0.39, 0.29) is 11.7 Å². The second kappa shape index (κ2) is 7.31. The highest BCUT2D eigenvalue weighted by Crippen LogP contribution is 2.20. The van der Waals surface area contributed by atoms with Crippen LogP contribution in [0.15, 0.2) is 23.2 Å². The molecule has 0 radical (unpaired) electrons. The minimum absolute atomic E-state index is 0.180. The molecule has 2 N–H and O–H groups in total. The van der Waals surface area contributed by atoms with E-state index < -0.39 is 9.84 Å². The molecule has 2 aliphatic rings. The molecular weight excluding hydrogens is 346 g/mol. The lowest BCUT2D eigenvalue weighted by Gasteiger charge is -2.15. The molecule has 0 aromatic heterocycles. The standard InChI is InChI=1S/C17H24ClN3O2S/c1-12-8-13(2-5-16(12)18)9-19-17(21-15-3-4-15)20-10-14-6-7-24(22,23)11-14/h2,5,8,14-15H,3-4,6-7,9-11H2,1H3,(H2,19,20,21). The van der Waals surface area contributed by atoms with E-state index in [9.17, 15) is 8.42 Å². The average Bonchev–Trinajstić information content (AvgIpc) is 3.27. The molecule has 1 unspecified atom stereocenters. The van der Waals surface area contributed by atoms with Crippen molar-refractivity contribution < 1.29 is 8.42 Å². The van der Waals surface area contributed by atoms with Gasteiger partial charge in [-0.3, -0.25) is 0 Å². The second-order valence-electron chi connectivity index (χ2n) is 6.82. The number of benzene rings is 1. The summed E-state index contributed by atoms with van der Waals surface area (Å²) in [5.74, 6) is 1.55. The molecule has 1 saturated heterocycles. The second-order valence-corrected chi connectivity index (χ2v) is 9.45. The third-order valence-corrected chi connectivity index (χ3v) is 6.71. The summed E-state index contributed by atoms with van der Waals surface area (Å²) in [5, 5.41) is 7.47. The highest BCUT2D eigenvalue weighted by molar-refractivity contribution is 7.91. The quantitative estimate of drug-likeness (QED) is 0.617. The Morgan fingerprint density at radius 2 is 2.12 bits per heavy atom. The molecule has 1 heterocycles. The smallest absolute Gasteiger partial charge is 0.191 e. The van der Waals surface area contributed by atoms with Crippen LogP contribution in [0.25, 0.3) is 0 Å². The van der Waals surface area contributed by atoms with E-state index >= 15 is 0 Å². The lowest BCUT2D eigenvalue weighted by molar-refractivity contribution is 0.566. The summed E-state index contributed by atoms with van der Waals surface area (Å²) in [7, 11) is -2.83. The van der Waals surface area contributed by atoms with E-state index in [0.29, 0.717) is 24.9 Å². The first-order valence-corrected chi connectivity index (χ1v) is 10.6. The Kier molecular flexibility index (Phi) is 5.35. The molecule has 1 atom stereocenters. The molecule has 1 aliphatic carbocycles. The van der Waals surface area contributed by atoms with Crippen LogP contribution in [0.1, 0.15) is 30.4 Å². The fraction of sp³-hybridized carbons (Fsp3) is 0.588. The number of hydrogen-bond donors (Lipinski definition) is 2. The highest BCUT2D eigenvalue weighted by Gasteiger charge is 2.28. The molecule has 0 amide bonds. The lowest BCUT2D eigenvalue weighted by Crippen LogP contribution is -2.41. The number of rotatable bonds is 5. The van der Waals surface area contributed by atoms with E-state index in [2.05, 4.69) is 15.6 Å². The van der Waals surface area contributed by atoms with E-state index in [4.69, 9.17) is 11.6 Å². The van der Waals surface area contributed by atoms with Crippen LogP contribution in [-0.4, -0.2) is 38.5 Å². The Morgan fingerprint density at radius 1 is 1.33 bits per heavy atom. The van der Waals surface area contributed by atoms with Crippen molar-refractivity contribution in [1.82, 2.24) is 10.6 Å². The minimum Gasteiger partial charge on any atom is -0.356 e. The summed E-state index contributed by atoms with van der Waals surface area (Å²) < 4.78 is 23.1. The third kappa shape index (κ3) is 5.11. The third-order valence-electron chi connectivity index (χ3n) is 4.45. The minimum atomic E-state index is -2.83. The normalized spacial score (nSPS) is 23.2. The van der Waals surface area contributed by atoms with E-state index in [1.807, 2.05) is 25.1 Å². The maximum atomic E-state index is 11.6. The molecule has 2 fully saturated rings. The monoisotopic (exact) mass is 369 g/mol. The maximum absolute atomic E-state index is 11.6. The van der Waals surface area contributed by atoms with Gasteiger partial charge in [0, 0.05) is 17.6 Å². The Bertz CT molecular complexity index is 729. The SMILES string of the molecule is Cc1cc(CN=C(NCC2CCS(=O)(=O)C2)NC2CC2)ccc1Cl. The molecule has 5 nitrogen and oxygen atoms in total. The topological polar surface area (TPSA) is 70.6 Å². The molecule has 7 heteroatoms. The fourth-order valence-electron chi connectivity index (χ4n) is 2.82. The van der Waals surface area contributed by atoms with Gasteiger partial charge in [-0.05, 0) is 49.3 Å². The van der Waals surface area contributed by atoms with Crippen molar-refractivity contribution in [2.45, 2.75) is 38.8 Å². The summed E-state index contributed by atoms with van der Waals surface area (Å²) in [4.78, 5) is 4.64. The molecule has 3 rings (SSSR count). The fourth-order valence-corrected chi connectivity index (χ4v) is 4.80. The number of hydrogen-bond acceptors (Lipinski definition) is 3. The van der Waals surface area contributed by atoms with E-state index in [1.54, 1.807) is 0 Å². The maximum Gasteiger partial charge on any atom is 0.191 e. The van der Waals surface area contributed by atoms with Crippen molar-refractivity contribution in [3.05, 3.63) is 34.3 Å². The summed E-state index contributed by atoms with van der Waals surface area (Å²) in [6.45, 7) is 3.21. The summed E-state index contributed by atoms with van der Waals surface area (Å²) in [6.07, 6.45) is 3.07. The lowest BCUT2D eigenvalue weighted by atomic mass is 10.1.